The van der Waals surface area contributed by atoms with Gasteiger partial charge >= 0.3 is 0 Å². The minimum atomic E-state index is -0.197. The van der Waals surface area contributed by atoms with Crippen LogP contribution >= 0.6 is 0 Å². The number of aromatic nitrogens is 1. The molecule has 4 aromatic rings. The summed E-state index contributed by atoms with van der Waals surface area (Å²) in [6.07, 6.45) is 0. The number of hydrogen-bond acceptors (Lipinski definition) is 1. The molecule has 0 amide bonds. The van der Waals surface area contributed by atoms with Crippen molar-refractivity contribution in [3.8, 4) is 28.1 Å². The SMILES string of the molecule is CC(C)(C)Oc1ccc(-c2c(-c3ccccc3)[nH]c3ccccc23)cc1. The number of para-hydroxylation sites is 1. The lowest BCUT2D eigenvalue weighted by Gasteiger charge is -2.21. The van der Waals surface area contributed by atoms with Crippen LogP contribution in [0.25, 0.3) is 33.3 Å². The maximum atomic E-state index is 5.97. The van der Waals surface area contributed by atoms with E-state index in [9.17, 15) is 0 Å². The fourth-order valence-corrected chi connectivity index (χ4v) is 3.31. The van der Waals surface area contributed by atoms with Gasteiger partial charge in [0.1, 0.15) is 11.4 Å². The summed E-state index contributed by atoms with van der Waals surface area (Å²) in [4.78, 5) is 3.60. The molecule has 0 aliphatic heterocycles. The van der Waals surface area contributed by atoms with E-state index in [1.165, 1.54) is 22.1 Å². The molecule has 0 saturated carbocycles. The van der Waals surface area contributed by atoms with Crippen molar-refractivity contribution in [1.29, 1.82) is 0 Å². The molecule has 0 spiro atoms. The lowest BCUT2D eigenvalue weighted by molar-refractivity contribution is 0.131. The molecule has 1 N–H and O–H groups in total. The molecule has 0 aliphatic carbocycles. The van der Waals surface area contributed by atoms with Gasteiger partial charge < -0.3 is 9.72 Å². The molecule has 0 unspecified atom stereocenters. The summed E-state index contributed by atoms with van der Waals surface area (Å²) in [6.45, 7) is 6.19. The van der Waals surface area contributed by atoms with E-state index in [4.69, 9.17) is 4.74 Å². The van der Waals surface area contributed by atoms with Gasteiger partial charge in [-0.1, -0.05) is 60.7 Å². The Bertz CT molecular complexity index is 1020. The first-order valence-electron chi connectivity index (χ1n) is 8.97. The van der Waals surface area contributed by atoms with E-state index in [1.54, 1.807) is 0 Å². The molecule has 0 atom stereocenters. The predicted molar refractivity (Wildman–Crippen MR) is 110 cm³/mol. The molecule has 3 aromatic carbocycles. The van der Waals surface area contributed by atoms with Gasteiger partial charge in [0.15, 0.2) is 0 Å². The van der Waals surface area contributed by atoms with Gasteiger partial charge in [0.25, 0.3) is 0 Å². The smallest absolute Gasteiger partial charge is 0.120 e. The van der Waals surface area contributed by atoms with Crippen molar-refractivity contribution in [2.24, 2.45) is 0 Å². The molecule has 0 bridgehead atoms. The maximum absolute atomic E-state index is 5.97. The second-order valence-electron chi connectivity index (χ2n) is 7.53. The van der Waals surface area contributed by atoms with Crippen molar-refractivity contribution >= 4 is 10.9 Å². The number of benzene rings is 3. The molecule has 0 saturated heterocycles. The Balaban J connectivity index is 1.85. The van der Waals surface area contributed by atoms with Gasteiger partial charge in [-0.05, 0) is 50.1 Å². The van der Waals surface area contributed by atoms with Crippen LogP contribution in [0.2, 0.25) is 0 Å². The summed E-state index contributed by atoms with van der Waals surface area (Å²) in [6, 6.07) is 27.3. The lowest BCUT2D eigenvalue weighted by atomic mass is 9.98. The fourth-order valence-electron chi connectivity index (χ4n) is 3.31. The normalized spacial score (nSPS) is 11.7. The molecule has 0 radical (unpaired) electrons. The van der Waals surface area contributed by atoms with Gasteiger partial charge in [-0.2, -0.15) is 0 Å². The zero-order valence-electron chi connectivity index (χ0n) is 15.4. The van der Waals surface area contributed by atoms with E-state index < -0.39 is 0 Å². The second-order valence-corrected chi connectivity index (χ2v) is 7.53. The standard InChI is InChI=1S/C24H23NO/c1-24(2,3)26-19-15-13-17(14-16-19)22-20-11-7-8-12-21(20)25-23(22)18-9-5-4-6-10-18/h4-16,25H,1-3H3. The van der Waals surface area contributed by atoms with Crippen molar-refractivity contribution < 1.29 is 4.74 Å². The van der Waals surface area contributed by atoms with E-state index in [-0.39, 0.29) is 5.60 Å². The molecule has 2 heteroatoms. The summed E-state index contributed by atoms with van der Waals surface area (Å²) in [5.41, 5.74) is 5.70. The van der Waals surface area contributed by atoms with Crippen LogP contribution in [0.1, 0.15) is 20.8 Å². The van der Waals surface area contributed by atoms with Crippen LogP contribution in [0.15, 0.2) is 78.9 Å². The monoisotopic (exact) mass is 341 g/mol. The molecule has 0 fully saturated rings. The van der Waals surface area contributed by atoms with Crippen molar-refractivity contribution in [2.75, 3.05) is 0 Å². The Hall–Kier alpha value is -3.00. The van der Waals surface area contributed by atoms with Gasteiger partial charge in [-0.15, -0.1) is 0 Å². The molecular formula is C24H23NO. The number of aromatic amines is 1. The number of rotatable bonds is 3. The van der Waals surface area contributed by atoms with Gasteiger partial charge in [0, 0.05) is 16.5 Å². The largest absolute Gasteiger partial charge is 0.488 e. The third kappa shape index (κ3) is 3.23. The third-order valence-corrected chi connectivity index (χ3v) is 4.34. The van der Waals surface area contributed by atoms with Crippen molar-refractivity contribution in [3.63, 3.8) is 0 Å². The van der Waals surface area contributed by atoms with Crippen LogP contribution in [0, 0.1) is 0 Å². The summed E-state index contributed by atoms with van der Waals surface area (Å²) >= 11 is 0. The number of ether oxygens (including phenoxy) is 1. The van der Waals surface area contributed by atoms with E-state index in [1.807, 2.05) is 6.07 Å². The van der Waals surface area contributed by atoms with E-state index >= 15 is 0 Å². The first kappa shape index (κ1) is 16.5. The zero-order valence-corrected chi connectivity index (χ0v) is 15.4. The minimum Gasteiger partial charge on any atom is -0.488 e. The molecule has 1 aromatic heterocycles. The summed E-state index contributed by atoms with van der Waals surface area (Å²) < 4.78 is 5.97. The van der Waals surface area contributed by atoms with Gasteiger partial charge in [-0.3, -0.25) is 0 Å². The maximum Gasteiger partial charge on any atom is 0.120 e. The van der Waals surface area contributed by atoms with Crippen molar-refractivity contribution in [2.45, 2.75) is 26.4 Å². The summed E-state index contributed by atoms with van der Waals surface area (Å²) in [5, 5.41) is 1.23. The van der Waals surface area contributed by atoms with Gasteiger partial charge in [0.05, 0.1) is 5.69 Å². The average molecular weight is 341 g/mol. The lowest BCUT2D eigenvalue weighted by Crippen LogP contribution is -2.22. The topological polar surface area (TPSA) is 25.0 Å². The van der Waals surface area contributed by atoms with Gasteiger partial charge in [0.2, 0.25) is 0 Å². The Morgan fingerprint density at radius 2 is 1.35 bits per heavy atom. The Labute approximate surface area is 154 Å². The molecule has 4 rings (SSSR count). The molecular weight excluding hydrogens is 318 g/mol. The Morgan fingerprint density at radius 1 is 0.692 bits per heavy atom. The highest BCUT2D eigenvalue weighted by Gasteiger charge is 2.16. The molecule has 1 heterocycles. The molecule has 2 nitrogen and oxygen atoms in total. The average Bonchev–Trinajstić information content (AvgIpc) is 3.01. The predicted octanol–water partition coefficient (Wildman–Crippen LogP) is 6.68. The zero-order chi connectivity index (χ0) is 18.1. The molecule has 0 aliphatic rings. The minimum absolute atomic E-state index is 0.197. The number of hydrogen-bond donors (Lipinski definition) is 1. The molecule has 130 valence electrons. The van der Waals surface area contributed by atoms with Gasteiger partial charge in [-0.25, -0.2) is 0 Å². The first-order valence-corrected chi connectivity index (χ1v) is 8.97. The fraction of sp³-hybridized carbons (Fsp3) is 0.167. The quantitative estimate of drug-likeness (QED) is 0.442. The number of H-pyrrole nitrogens is 1. The van der Waals surface area contributed by atoms with Crippen LogP contribution in [0.4, 0.5) is 0 Å². The third-order valence-electron chi connectivity index (χ3n) is 4.34. The van der Waals surface area contributed by atoms with Crippen LogP contribution < -0.4 is 4.74 Å². The van der Waals surface area contributed by atoms with Crippen LogP contribution in [0.5, 0.6) is 5.75 Å². The van der Waals surface area contributed by atoms with Crippen molar-refractivity contribution in [3.05, 3.63) is 78.9 Å². The summed E-state index contributed by atoms with van der Waals surface area (Å²) in [5.74, 6) is 0.891. The Morgan fingerprint density at radius 3 is 2.04 bits per heavy atom. The first-order chi connectivity index (χ1) is 12.5. The summed E-state index contributed by atoms with van der Waals surface area (Å²) in [7, 11) is 0. The van der Waals surface area contributed by atoms with E-state index in [0.717, 1.165) is 17.0 Å². The molecule has 26 heavy (non-hydrogen) atoms. The van der Waals surface area contributed by atoms with E-state index in [2.05, 4.69) is 98.6 Å². The highest BCUT2D eigenvalue weighted by Crippen LogP contribution is 2.38. The highest BCUT2D eigenvalue weighted by molar-refractivity contribution is 6.03. The number of fused-ring (bicyclic) bond motifs is 1. The highest BCUT2D eigenvalue weighted by atomic mass is 16.5. The van der Waals surface area contributed by atoms with Crippen molar-refractivity contribution in [1.82, 2.24) is 4.98 Å². The van der Waals surface area contributed by atoms with E-state index in [0.29, 0.717) is 0 Å². The van der Waals surface area contributed by atoms with Crippen LogP contribution in [-0.2, 0) is 0 Å². The van der Waals surface area contributed by atoms with Crippen LogP contribution in [-0.4, -0.2) is 10.6 Å². The van der Waals surface area contributed by atoms with Crippen LogP contribution in [0.3, 0.4) is 0 Å². The Kier molecular flexibility index (Phi) is 4.04. The number of nitrogens with one attached hydrogen (secondary N) is 1. The second kappa shape index (κ2) is 6.38.